The van der Waals surface area contributed by atoms with Gasteiger partial charge >= 0.3 is 6.09 Å². The lowest BCUT2D eigenvalue weighted by Gasteiger charge is -2.32. The zero-order chi connectivity index (χ0) is 22.1. The summed E-state index contributed by atoms with van der Waals surface area (Å²) in [5, 5.41) is 17.5. The van der Waals surface area contributed by atoms with Crippen molar-refractivity contribution >= 4 is 46.2 Å². The first-order valence-corrected chi connectivity index (χ1v) is 10.7. The second kappa shape index (κ2) is 8.37. The monoisotopic (exact) mass is 436 g/mol. The molecule has 2 aliphatic heterocycles. The summed E-state index contributed by atoms with van der Waals surface area (Å²) >= 11 is 0. The minimum Gasteiger partial charge on any atom is -0.465 e. The zero-order valence-corrected chi connectivity index (χ0v) is 17.4. The van der Waals surface area contributed by atoms with Gasteiger partial charge in [-0.2, -0.15) is 4.98 Å². The highest BCUT2D eigenvalue weighted by Crippen LogP contribution is 2.32. The van der Waals surface area contributed by atoms with Gasteiger partial charge in [-0.05, 0) is 42.9 Å². The van der Waals surface area contributed by atoms with Crippen LogP contribution in [-0.2, 0) is 11.2 Å². The number of amides is 2. The van der Waals surface area contributed by atoms with Gasteiger partial charge in [0.15, 0.2) is 11.4 Å². The Kier molecular flexibility index (Phi) is 5.26. The molecule has 4 heterocycles. The molecule has 1 saturated heterocycles. The maximum absolute atomic E-state index is 11.7. The molecule has 1 fully saturated rings. The lowest BCUT2D eigenvalue weighted by atomic mass is 9.97. The van der Waals surface area contributed by atoms with Crippen LogP contribution < -0.4 is 20.9 Å². The Morgan fingerprint density at radius 3 is 2.88 bits per heavy atom. The predicted molar refractivity (Wildman–Crippen MR) is 119 cm³/mol. The largest absolute Gasteiger partial charge is 0.465 e. The number of aryl methyl sites for hydroxylation is 1. The molecule has 10 nitrogen and oxygen atoms in total. The first-order chi connectivity index (χ1) is 15.5. The van der Waals surface area contributed by atoms with Gasteiger partial charge < -0.3 is 30.4 Å². The van der Waals surface area contributed by atoms with E-state index in [9.17, 15) is 9.59 Å². The first kappa shape index (κ1) is 20.1. The van der Waals surface area contributed by atoms with Crippen molar-refractivity contribution in [1.29, 1.82) is 0 Å². The topological polar surface area (TPSA) is 133 Å². The maximum Gasteiger partial charge on any atom is 0.404 e. The Labute approximate surface area is 184 Å². The number of carboxylic acid groups (broad SMARTS) is 1. The van der Waals surface area contributed by atoms with Crippen LogP contribution in [0.1, 0.15) is 24.8 Å². The molecule has 3 aromatic rings. The highest BCUT2D eigenvalue weighted by atomic mass is 16.4. The number of rotatable bonds is 5. The predicted octanol–water partition coefficient (Wildman–Crippen LogP) is 3.34. The van der Waals surface area contributed by atoms with Crippen molar-refractivity contribution in [2.75, 3.05) is 35.2 Å². The van der Waals surface area contributed by atoms with E-state index in [1.807, 2.05) is 24.3 Å². The summed E-state index contributed by atoms with van der Waals surface area (Å²) in [6.45, 7) is 1.97. The molecule has 2 amide bonds. The fourth-order valence-corrected chi connectivity index (χ4v) is 4.28. The summed E-state index contributed by atoms with van der Waals surface area (Å²) in [6.07, 6.45) is 3.58. The molecule has 0 spiro atoms. The molecule has 32 heavy (non-hydrogen) atoms. The molecule has 2 aliphatic rings. The van der Waals surface area contributed by atoms with E-state index in [0.29, 0.717) is 35.9 Å². The van der Waals surface area contributed by atoms with Crippen LogP contribution in [-0.4, -0.2) is 46.7 Å². The quantitative estimate of drug-likeness (QED) is 0.479. The Morgan fingerprint density at radius 1 is 1.22 bits per heavy atom. The number of hydrogen-bond donors (Lipinski definition) is 4. The number of hydrogen-bond acceptors (Lipinski definition) is 7. The van der Waals surface area contributed by atoms with Gasteiger partial charge in [-0.1, -0.05) is 6.07 Å². The van der Waals surface area contributed by atoms with Crippen molar-refractivity contribution in [3.05, 3.63) is 36.1 Å². The maximum atomic E-state index is 11.7. The van der Waals surface area contributed by atoms with Crippen LogP contribution in [0, 0.1) is 5.92 Å². The standard InChI is InChI=1S/C22H24N6O4/c29-18-4-2-14-1-3-15(11-17(14)25-18)24-21-26-16-7-10-32-19(16)20(27-21)28-8-5-13(6-9-28)12-23-22(30)31/h1,3,7,10-11,13,23H,2,4-6,8-9,12H2,(H,25,29)(H,30,31)(H,24,26,27). The number of furan rings is 1. The third-order valence-corrected chi connectivity index (χ3v) is 6.00. The van der Waals surface area contributed by atoms with E-state index < -0.39 is 6.09 Å². The normalized spacial score (nSPS) is 16.5. The van der Waals surface area contributed by atoms with Gasteiger partial charge in [0, 0.05) is 43.5 Å². The average molecular weight is 436 g/mol. The number of carbonyl (C=O) groups excluding carboxylic acids is 1. The Balaban J connectivity index is 1.35. The van der Waals surface area contributed by atoms with E-state index in [1.165, 1.54) is 0 Å². The minimum atomic E-state index is -0.988. The molecule has 0 bridgehead atoms. The lowest BCUT2D eigenvalue weighted by Crippen LogP contribution is -2.38. The van der Waals surface area contributed by atoms with Gasteiger partial charge in [0.2, 0.25) is 11.9 Å². The molecule has 1 aromatic carbocycles. The molecular formula is C22H24N6O4. The van der Waals surface area contributed by atoms with Gasteiger partial charge in [0.25, 0.3) is 0 Å². The van der Waals surface area contributed by atoms with Gasteiger partial charge in [0.05, 0.1) is 6.26 Å². The van der Waals surface area contributed by atoms with Crippen molar-refractivity contribution in [3.8, 4) is 0 Å². The van der Waals surface area contributed by atoms with Crippen LogP contribution in [0.25, 0.3) is 11.1 Å². The third kappa shape index (κ3) is 4.16. The lowest BCUT2D eigenvalue weighted by molar-refractivity contribution is -0.116. The molecule has 4 N–H and O–H groups in total. The molecule has 5 rings (SSSR count). The SMILES string of the molecule is O=C(O)NCC1CCN(c2nc(Nc3ccc4c(c3)NC(=O)CC4)nc3ccoc23)CC1. The van der Waals surface area contributed by atoms with Gasteiger partial charge in [0.1, 0.15) is 5.52 Å². The van der Waals surface area contributed by atoms with Gasteiger partial charge in [-0.25, -0.2) is 9.78 Å². The summed E-state index contributed by atoms with van der Waals surface area (Å²) < 4.78 is 5.67. The van der Waals surface area contributed by atoms with Crippen LogP contribution in [0.2, 0.25) is 0 Å². The smallest absolute Gasteiger partial charge is 0.404 e. The molecular weight excluding hydrogens is 412 g/mol. The van der Waals surface area contributed by atoms with Crippen molar-refractivity contribution in [2.45, 2.75) is 25.7 Å². The number of nitrogens with zero attached hydrogens (tertiary/aromatic N) is 3. The third-order valence-electron chi connectivity index (χ3n) is 6.00. The van der Waals surface area contributed by atoms with Gasteiger partial charge in [-0.15, -0.1) is 0 Å². The molecule has 166 valence electrons. The Bertz CT molecular complexity index is 1170. The number of piperidine rings is 1. The van der Waals surface area contributed by atoms with Crippen molar-refractivity contribution in [1.82, 2.24) is 15.3 Å². The molecule has 0 atom stereocenters. The number of nitrogens with one attached hydrogen (secondary N) is 3. The average Bonchev–Trinajstić information content (AvgIpc) is 3.26. The fourth-order valence-electron chi connectivity index (χ4n) is 4.28. The summed E-state index contributed by atoms with van der Waals surface area (Å²) in [4.78, 5) is 33.9. The van der Waals surface area contributed by atoms with E-state index >= 15 is 0 Å². The number of fused-ring (bicyclic) bond motifs is 2. The fraction of sp³-hybridized carbons (Fsp3) is 0.364. The van der Waals surface area contributed by atoms with Crippen LogP contribution in [0.5, 0.6) is 0 Å². The summed E-state index contributed by atoms with van der Waals surface area (Å²) in [5.41, 5.74) is 4.06. The van der Waals surface area contributed by atoms with E-state index in [4.69, 9.17) is 14.5 Å². The molecule has 2 aromatic heterocycles. The summed E-state index contributed by atoms with van der Waals surface area (Å²) in [6, 6.07) is 7.67. The first-order valence-electron chi connectivity index (χ1n) is 10.7. The van der Waals surface area contributed by atoms with Crippen LogP contribution in [0.4, 0.5) is 27.9 Å². The molecule has 0 radical (unpaired) electrons. The second-order valence-electron chi connectivity index (χ2n) is 8.17. The minimum absolute atomic E-state index is 0.0231. The van der Waals surface area contributed by atoms with Crippen molar-refractivity contribution in [3.63, 3.8) is 0 Å². The molecule has 0 unspecified atom stereocenters. The van der Waals surface area contributed by atoms with Crippen LogP contribution in [0.15, 0.2) is 34.9 Å². The summed E-state index contributed by atoms with van der Waals surface area (Å²) in [7, 11) is 0. The Hall–Kier alpha value is -3.82. The molecule has 0 saturated carbocycles. The highest BCUT2D eigenvalue weighted by molar-refractivity contribution is 5.94. The zero-order valence-electron chi connectivity index (χ0n) is 17.4. The van der Waals surface area contributed by atoms with E-state index in [1.54, 1.807) is 6.26 Å². The Morgan fingerprint density at radius 2 is 2.06 bits per heavy atom. The van der Waals surface area contributed by atoms with E-state index in [2.05, 4.69) is 25.8 Å². The number of carbonyl (C=O) groups is 2. The summed E-state index contributed by atoms with van der Waals surface area (Å²) in [5.74, 6) is 1.50. The van der Waals surface area contributed by atoms with Crippen LogP contribution in [0.3, 0.4) is 0 Å². The van der Waals surface area contributed by atoms with Crippen molar-refractivity contribution in [2.24, 2.45) is 5.92 Å². The molecule has 10 heteroatoms. The van der Waals surface area contributed by atoms with E-state index in [-0.39, 0.29) is 5.91 Å². The van der Waals surface area contributed by atoms with Crippen molar-refractivity contribution < 1.29 is 19.1 Å². The van der Waals surface area contributed by atoms with Gasteiger partial charge in [-0.3, -0.25) is 4.79 Å². The second-order valence-corrected chi connectivity index (χ2v) is 8.17. The highest BCUT2D eigenvalue weighted by Gasteiger charge is 2.24. The number of benzene rings is 1. The molecule has 0 aliphatic carbocycles. The van der Waals surface area contributed by atoms with E-state index in [0.717, 1.165) is 55.1 Å². The van der Waals surface area contributed by atoms with Crippen LogP contribution >= 0.6 is 0 Å². The number of aromatic nitrogens is 2. The number of anilines is 4.